The van der Waals surface area contributed by atoms with Gasteiger partial charge in [-0.05, 0) is 19.8 Å². The van der Waals surface area contributed by atoms with Crippen molar-refractivity contribution in [1.29, 1.82) is 0 Å². The van der Waals surface area contributed by atoms with E-state index in [0.29, 0.717) is 0 Å². The van der Waals surface area contributed by atoms with Crippen molar-refractivity contribution in [3.63, 3.8) is 0 Å². The molecule has 1 saturated carbocycles. The van der Waals surface area contributed by atoms with Crippen molar-refractivity contribution in [2.24, 2.45) is 11.7 Å². The highest BCUT2D eigenvalue weighted by molar-refractivity contribution is 5.77. The number of carbonyl (C=O) groups excluding carboxylic acids is 1. The second kappa shape index (κ2) is 5.32. The van der Waals surface area contributed by atoms with Gasteiger partial charge in [-0.2, -0.15) is 0 Å². The Hall–Kier alpha value is -0.610. The molecule has 1 aliphatic rings. The zero-order chi connectivity index (χ0) is 10.6. The van der Waals surface area contributed by atoms with Crippen LogP contribution >= 0.6 is 0 Å². The summed E-state index contributed by atoms with van der Waals surface area (Å²) in [4.78, 5) is 16.7. The summed E-state index contributed by atoms with van der Waals surface area (Å²) < 4.78 is 0. The summed E-state index contributed by atoms with van der Waals surface area (Å²) in [5.41, 5.74) is 8.09. The highest BCUT2D eigenvalue weighted by Gasteiger charge is 2.20. The summed E-state index contributed by atoms with van der Waals surface area (Å²) in [5.74, 6) is -0.316. The van der Waals surface area contributed by atoms with Crippen molar-refractivity contribution in [2.45, 2.75) is 51.7 Å². The summed E-state index contributed by atoms with van der Waals surface area (Å²) >= 11 is 0. The zero-order valence-corrected chi connectivity index (χ0v) is 8.95. The van der Waals surface area contributed by atoms with Crippen LogP contribution in [-0.2, 0) is 9.63 Å². The minimum atomic E-state index is -0.198. The maximum atomic E-state index is 11.4. The minimum Gasteiger partial charge on any atom is -0.327 e. The Bertz CT molecular complexity index is 189. The van der Waals surface area contributed by atoms with Crippen molar-refractivity contribution < 1.29 is 9.63 Å². The van der Waals surface area contributed by atoms with Crippen LogP contribution in [0.25, 0.3) is 0 Å². The maximum absolute atomic E-state index is 11.4. The maximum Gasteiger partial charge on any atom is 0.247 e. The lowest BCUT2D eigenvalue weighted by molar-refractivity contribution is -0.142. The zero-order valence-electron chi connectivity index (χ0n) is 8.95. The molecular formula is C10H20N2O2. The molecule has 14 heavy (non-hydrogen) atoms. The van der Waals surface area contributed by atoms with Crippen LogP contribution in [0.1, 0.15) is 39.5 Å². The molecular weight excluding hydrogens is 180 g/mol. The van der Waals surface area contributed by atoms with Crippen LogP contribution in [0.5, 0.6) is 0 Å². The highest BCUT2D eigenvalue weighted by Crippen LogP contribution is 2.19. The number of nitrogens with two attached hydrogens (primary N) is 1. The van der Waals surface area contributed by atoms with E-state index in [9.17, 15) is 4.79 Å². The van der Waals surface area contributed by atoms with Gasteiger partial charge in [0.05, 0.1) is 12.0 Å². The summed E-state index contributed by atoms with van der Waals surface area (Å²) in [6, 6.07) is -0.137. The average molecular weight is 200 g/mol. The fourth-order valence-corrected chi connectivity index (χ4v) is 1.48. The fraction of sp³-hybridized carbons (Fsp3) is 0.900. The van der Waals surface area contributed by atoms with Crippen LogP contribution in [-0.4, -0.2) is 18.1 Å². The van der Waals surface area contributed by atoms with E-state index in [2.05, 4.69) is 5.48 Å². The molecule has 4 nitrogen and oxygen atoms in total. The third kappa shape index (κ3) is 3.27. The third-order valence-electron chi connectivity index (χ3n) is 2.83. The summed E-state index contributed by atoms with van der Waals surface area (Å²) in [6.45, 7) is 3.62. The van der Waals surface area contributed by atoms with Gasteiger partial charge in [-0.25, -0.2) is 5.48 Å². The molecule has 1 amide bonds. The van der Waals surface area contributed by atoms with Gasteiger partial charge < -0.3 is 5.73 Å². The van der Waals surface area contributed by atoms with Crippen molar-refractivity contribution in [3.05, 3.63) is 0 Å². The highest BCUT2D eigenvalue weighted by atomic mass is 16.7. The lowest BCUT2D eigenvalue weighted by Crippen LogP contribution is -2.39. The Morgan fingerprint density at radius 1 is 1.43 bits per heavy atom. The smallest absolute Gasteiger partial charge is 0.247 e. The summed E-state index contributed by atoms with van der Waals surface area (Å²) in [6.07, 6.45) is 4.70. The number of hydrogen-bond acceptors (Lipinski definition) is 3. The predicted molar refractivity (Wildman–Crippen MR) is 54.3 cm³/mol. The molecule has 0 aromatic rings. The molecule has 0 aliphatic heterocycles. The molecule has 1 aliphatic carbocycles. The van der Waals surface area contributed by atoms with Crippen molar-refractivity contribution >= 4 is 5.91 Å². The standard InChI is InChI=1S/C10H20N2O2/c1-7(8(2)11)10(13)12-14-9-5-3-4-6-9/h7-9H,3-6,11H2,1-2H3,(H,12,13). The fourth-order valence-electron chi connectivity index (χ4n) is 1.48. The first-order valence-corrected chi connectivity index (χ1v) is 5.32. The molecule has 2 unspecified atom stereocenters. The van der Waals surface area contributed by atoms with E-state index in [-0.39, 0.29) is 24.0 Å². The van der Waals surface area contributed by atoms with E-state index < -0.39 is 0 Å². The van der Waals surface area contributed by atoms with E-state index in [1.54, 1.807) is 6.92 Å². The van der Waals surface area contributed by atoms with Gasteiger partial charge >= 0.3 is 0 Å². The Morgan fingerprint density at radius 2 is 2.00 bits per heavy atom. The third-order valence-corrected chi connectivity index (χ3v) is 2.83. The van der Waals surface area contributed by atoms with Gasteiger partial charge in [0.15, 0.2) is 0 Å². The van der Waals surface area contributed by atoms with Crippen LogP contribution in [0.4, 0.5) is 0 Å². The van der Waals surface area contributed by atoms with E-state index >= 15 is 0 Å². The Kier molecular flexibility index (Phi) is 4.35. The SMILES string of the molecule is CC(N)C(C)C(=O)NOC1CCCC1. The molecule has 0 saturated heterocycles. The lowest BCUT2D eigenvalue weighted by Gasteiger charge is -2.17. The Balaban J connectivity index is 2.19. The van der Waals surface area contributed by atoms with Crippen molar-refractivity contribution in [3.8, 4) is 0 Å². The number of amides is 1. The normalized spacial score (nSPS) is 21.9. The van der Waals surface area contributed by atoms with Gasteiger partial charge in [0.2, 0.25) is 5.91 Å². The molecule has 4 heteroatoms. The van der Waals surface area contributed by atoms with Crippen LogP contribution < -0.4 is 11.2 Å². The molecule has 0 aromatic heterocycles. The topological polar surface area (TPSA) is 64.4 Å². The van der Waals surface area contributed by atoms with Gasteiger partial charge in [0, 0.05) is 6.04 Å². The average Bonchev–Trinajstić information content (AvgIpc) is 2.65. The van der Waals surface area contributed by atoms with E-state index in [0.717, 1.165) is 12.8 Å². The minimum absolute atomic E-state index is 0.119. The molecule has 3 N–H and O–H groups in total. The van der Waals surface area contributed by atoms with Crippen LogP contribution in [0, 0.1) is 5.92 Å². The molecule has 1 rings (SSSR count). The van der Waals surface area contributed by atoms with Gasteiger partial charge in [-0.15, -0.1) is 0 Å². The molecule has 0 aromatic carbocycles. The first-order valence-electron chi connectivity index (χ1n) is 5.32. The predicted octanol–water partition coefficient (Wildman–Crippen LogP) is 0.960. The monoisotopic (exact) mass is 200 g/mol. The second-order valence-electron chi connectivity index (χ2n) is 4.14. The molecule has 82 valence electrons. The van der Waals surface area contributed by atoms with Crippen molar-refractivity contribution in [1.82, 2.24) is 5.48 Å². The Labute approximate surface area is 85.1 Å². The van der Waals surface area contributed by atoms with Crippen LogP contribution in [0.2, 0.25) is 0 Å². The van der Waals surface area contributed by atoms with E-state index in [1.165, 1.54) is 12.8 Å². The van der Waals surface area contributed by atoms with Crippen LogP contribution in [0.15, 0.2) is 0 Å². The first-order chi connectivity index (χ1) is 6.61. The molecule has 2 atom stereocenters. The molecule has 0 spiro atoms. The number of nitrogens with one attached hydrogen (secondary N) is 1. The number of hydrogen-bond donors (Lipinski definition) is 2. The largest absolute Gasteiger partial charge is 0.327 e. The number of carbonyl (C=O) groups is 1. The van der Waals surface area contributed by atoms with Gasteiger partial charge in [-0.3, -0.25) is 9.63 Å². The number of rotatable bonds is 4. The molecule has 0 bridgehead atoms. The van der Waals surface area contributed by atoms with Crippen molar-refractivity contribution in [2.75, 3.05) is 0 Å². The summed E-state index contributed by atoms with van der Waals surface area (Å²) in [7, 11) is 0. The van der Waals surface area contributed by atoms with Gasteiger partial charge in [-0.1, -0.05) is 19.8 Å². The lowest BCUT2D eigenvalue weighted by atomic mass is 10.0. The Morgan fingerprint density at radius 3 is 2.50 bits per heavy atom. The molecule has 0 heterocycles. The van der Waals surface area contributed by atoms with E-state index in [4.69, 9.17) is 10.6 Å². The van der Waals surface area contributed by atoms with Gasteiger partial charge in [0.25, 0.3) is 0 Å². The summed E-state index contributed by atoms with van der Waals surface area (Å²) in [5, 5.41) is 0. The van der Waals surface area contributed by atoms with E-state index in [1.807, 2.05) is 6.92 Å². The quantitative estimate of drug-likeness (QED) is 0.664. The second-order valence-corrected chi connectivity index (χ2v) is 4.14. The molecule has 1 fully saturated rings. The first kappa shape index (κ1) is 11.5. The number of hydroxylamine groups is 1. The van der Waals surface area contributed by atoms with Crippen LogP contribution in [0.3, 0.4) is 0 Å². The van der Waals surface area contributed by atoms with Gasteiger partial charge in [0.1, 0.15) is 0 Å². The molecule has 0 radical (unpaired) electrons.